The zero-order valence-electron chi connectivity index (χ0n) is 19.3. The second kappa shape index (κ2) is 9.96. The summed E-state index contributed by atoms with van der Waals surface area (Å²) in [5.41, 5.74) is 11.2. The highest BCUT2D eigenvalue weighted by atomic mass is 32.1. The van der Waals surface area contributed by atoms with Crippen LogP contribution in [0.2, 0.25) is 0 Å². The first-order valence-electron chi connectivity index (χ1n) is 10.4. The van der Waals surface area contributed by atoms with Crippen molar-refractivity contribution in [2.75, 3.05) is 12.8 Å². The van der Waals surface area contributed by atoms with Gasteiger partial charge in [-0.2, -0.15) is 4.37 Å². The van der Waals surface area contributed by atoms with Crippen LogP contribution in [0.15, 0.2) is 47.1 Å². The molecule has 0 saturated heterocycles. The predicted molar refractivity (Wildman–Crippen MR) is 127 cm³/mol. The van der Waals surface area contributed by atoms with Gasteiger partial charge in [0.25, 0.3) is 17.7 Å². The Morgan fingerprint density at radius 3 is 2.38 bits per heavy atom. The van der Waals surface area contributed by atoms with E-state index in [2.05, 4.69) is 9.69 Å². The molecule has 0 aliphatic carbocycles. The molecule has 2 heterocycles. The van der Waals surface area contributed by atoms with Crippen LogP contribution < -0.4 is 21.5 Å². The van der Waals surface area contributed by atoms with Gasteiger partial charge < -0.3 is 30.8 Å². The Labute approximate surface area is 201 Å². The summed E-state index contributed by atoms with van der Waals surface area (Å²) in [7, 11) is 1.55. The molecule has 34 heavy (non-hydrogen) atoms. The van der Waals surface area contributed by atoms with Crippen molar-refractivity contribution in [1.29, 1.82) is 0 Å². The second-order valence-corrected chi connectivity index (χ2v) is 9.35. The summed E-state index contributed by atoms with van der Waals surface area (Å²) in [5, 5.41) is 2.91. The molecule has 0 aliphatic rings. The molecule has 3 rings (SSSR count). The number of methoxy groups -OCH3 is 1. The summed E-state index contributed by atoms with van der Waals surface area (Å²) >= 11 is 0.748. The molecule has 1 aromatic carbocycles. The van der Waals surface area contributed by atoms with Crippen molar-refractivity contribution < 1.29 is 23.5 Å². The van der Waals surface area contributed by atoms with Crippen molar-refractivity contribution in [3.8, 4) is 5.75 Å². The van der Waals surface area contributed by atoms with Crippen LogP contribution in [0.3, 0.4) is 0 Å². The maximum absolute atomic E-state index is 13.8. The third-order valence-electron chi connectivity index (χ3n) is 4.80. The Bertz CT molecular complexity index is 1170. The van der Waals surface area contributed by atoms with Gasteiger partial charge in [0.05, 0.1) is 19.1 Å². The fraction of sp³-hybridized carbons (Fsp3) is 0.304. The van der Waals surface area contributed by atoms with Crippen LogP contribution in [0.25, 0.3) is 0 Å². The lowest BCUT2D eigenvalue weighted by Gasteiger charge is -2.32. The Morgan fingerprint density at radius 2 is 1.88 bits per heavy atom. The van der Waals surface area contributed by atoms with Gasteiger partial charge in [-0.25, -0.2) is 0 Å². The molecular weight excluding hydrogens is 458 g/mol. The van der Waals surface area contributed by atoms with E-state index in [0.717, 1.165) is 17.1 Å². The third-order valence-corrected chi connectivity index (χ3v) is 5.65. The number of nitrogens with one attached hydrogen (secondary N) is 1. The number of primary amides is 1. The van der Waals surface area contributed by atoms with E-state index in [0.29, 0.717) is 5.75 Å². The summed E-state index contributed by atoms with van der Waals surface area (Å²) in [6.07, 6.45) is 1.43. The summed E-state index contributed by atoms with van der Waals surface area (Å²) in [4.78, 5) is 40.1. The number of benzene rings is 1. The van der Waals surface area contributed by atoms with Gasteiger partial charge in [-0.1, -0.05) is 12.1 Å². The predicted octanol–water partition coefficient (Wildman–Crippen LogP) is 2.72. The zero-order chi connectivity index (χ0) is 25.0. The van der Waals surface area contributed by atoms with Crippen molar-refractivity contribution in [3.05, 3.63) is 64.6 Å². The number of ether oxygens (including phenoxy) is 1. The van der Waals surface area contributed by atoms with E-state index >= 15 is 0 Å². The molecule has 1 atom stereocenters. The standard InChI is InChI=1S/C23H27N5O5S/c1-23(2,3)26-21(30)18(15-6-5-11-33-15)28(12-13-7-9-14(32-4)10-8-13)22(31)19-16(24)17(20(25)29)27-34-19/h5-11,18H,12,24H2,1-4H3,(H2,25,29)(H,26,30)/t18-/m0/s1. The van der Waals surface area contributed by atoms with Gasteiger partial charge in [-0.3, -0.25) is 14.4 Å². The molecule has 5 N–H and O–H groups in total. The quantitative estimate of drug-likeness (QED) is 0.443. The van der Waals surface area contributed by atoms with Crippen molar-refractivity contribution in [2.45, 2.75) is 38.9 Å². The molecule has 0 spiro atoms. The minimum absolute atomic E-state index is 0.00225. The first-order valence-corrected chi connectivity index (χ1v) is 11.1. The largest absolute Gasteiger partial charge is 0.497 e. The van der Waals surface area contributed by atoms with Gasteiger partial charge in [0.1, 0.15) is 16.4 Å². The molecule has 3 amide bonds. The highest BCUT2D eigenvalue weighted by Gasteiger charge is 2.37. The van der Waals surface area contributed by atoms with Crippen LogP contribution in [-0.4, -0.2) is 39.6 Å². The van der Waals surface area contributed by atoms with Crippen LogP contribution in [0.5, 0.6) is 5.75 Å². The normalized spacial score (nSPS) is 12.1. The van der Waals surface area contributed by atoms with Gasteiger partial charge in [0.2, 0.25) is 0 Å². The van der Waals surface area contributed by atoms with Gasteiger partial charge in [-0.05, 0) is 62.1 Å². The number of anilines is 1. The minimum Gasteiger partial charge on any atom is -0.497 e. The number of furan rings is 1. The molecule has 3 aromatic rings. The number of hydrogen-bond acceptors (Lipinski definition) is 8. The molecule has 0 aliphatic heterocycles. The van der Waals surface area contributed by atoms with Gasteiger partial charge in [-0.15, -0.1) is 0 Å². The number of nitrogen functional groups attached to an aromatic ring is 1. The van der Waals surface area contributed by atoms with Crippen LogP contribution in [0, 0.1) is 0 Å². The number of aromatic nitrogens is 1. The fourth-order valence-electron chi connectivity index (χ4n) is 3.28. The number of amides is 3. The molecule has 0 fully saturated rings. The highest BCUT2D eigenvalue weighted by Crippen LogP contribution is 2.31. The van der Waals surface area contributed by atoms with Crippen LogP contribution >= 0.6 is 11.5 Å². The Morgan fingerprint density at radius 1 is 1.21 bits per heavy atom. The summed E-state index contributed by atoms with van der Waals surface area (Å²) in [6, 6.07) is 9.20. The average molecular weight is 486 g/mol. The number of carbonyl (C=O) groups is 3. The smallest absolute Gasteiger partial charge is 0.270 e. The molecule has 180 valence electrons. The van der Waals surface area contributed by atoms with Crippen LogP contribution in [-0.2, 0) is 11.3 Å². The van der Waals surface area contributed by atoms with E-state index in [1.807, 2.05) is 20.8 Å². The highest BCUT2D eigenvalue weighted by molar-refractivity contribution is 7.09. The molecular formula is C23H27N5O5S. The summed E-state index contributed by atoms with van der Waals surface area (Å²) in [6.45, 7) is 5.54. The Hall–Kier alpha value is -3.86. The number of nitrogens with zero attached hydrogens (tertiary/aromatic N) is 2. The molecule has 0 radical (unpaired) electrons. The Kier molecular flexibility index (Phi) is 7.26. The molecule has 0 bridgehead atoms. The van der Waals surface area contributed by atoms with E-state index in [9.17, 15) is 14.4 Å². The summed E-state index contributed by atoms with van der Waals surface area (Å²) < 4.78 is 14.7. The maximum atomic E-state index is 13.8. The van der Waals surface area contributed by atoms with E-state index in [1.165, 1.54) is 11.2 Å². The number of hydrogen-bond donors (Lipinski definition) is 3. The van der Waals surface area contributed by atoms with Crippen molar-refractivity contribution >= 4 is 34.9 Å². The number of rotatable bonds is 8. The van der Waals surface area contributed by atoms with E-state index in [1.54, 1.807) is 43.5 Å². The van der Waals surface area contributed by atoms with Crippen molar-refractivity contribution in [3.63, 3.8) is 0 Å². The topological polar surface area (TPSA) is 154 Å². The fourth-order valence-corrected chi connectivity index (χ4v) is 4.04. The second-order valence-electron chi connectivity index (χ2n) is 8.58. The first kappa shape index (κ1) is 24.8. The average Bonchev–Trinajstić information content (AvgIpc) is 3.42. The molecule has 11 heteroatoms. The monoisotopic (exact) mass is 485 g/mol. The lowest BCUT2D eigenvalue weighted by atomic mass is 10.0. The van der Waals surface area contributed by atoms with Gasteiger partial charge >= 0.3 is 0 Å². The van der Waals surface area contributed by atoms with E-state index in [4.69, 9.17) is 20.6 Å². The molecule has 2 aromatic heterocycles. The van der Waals surface area contributed by atoms with Crippen LogP contribution in [0.1, 0.15) is 58.3 Å². The lowest BCUT2D eigenvalue weighted by molar-refractivity contribution is -0.128. The van der Waals surface area contributed by atoms with Crippen LogP contribution in [0.4, 0.5) is 5.69 Å². The SMILES string of the molecule is COc1ccc(CN(C(=O)c2snc(C(N)=O)c2N)[C@H](C(=O)NC(C)(C)C)c2ccco2)cc1. The summed E-state index contributed by atoms with van der Waals surface area (Å²) in [5.74, 6) is -0.969. The van der Waals surface area contributed by atoms with E-state index < -0.39 is 29.3 Å². The van der Waals surface area contributed by atoms with E-state index in [-0.39, 0.29) is 28.6 Å². The minimum atomic E-state index is -1.12. The van der Waals surface area contributed by atoms with Gasteiger partial charge in [0, 0.05) is 12.1 Å². The number of nitrogens with two attached hydrogens (primary N) is 2. The number of carbonyl (C=O) groups excluding carboxylic acids is 3. The molecule has 0 saturated carbocycles. The zero-order valence-corrected chi connectivity index (χ0v) is 20.1. The molecule has 0 unspecified atom stereocenters. The third kappa shape index (κ3) is 5.54. The van der Waals surface area contributed by atoms with Gasteiger partial charge in [0.15, 0.2) is 11.7 Å². The van der Waals surface area contributed by atoms with Crippen molar-refractivity contribution in [1.82, 2.24) is 14.6 Å². The molecule has 10 nitrogen and oxygen atoms in total. The lowest BCUT2D eigenvalue weighted by Crippen LogP contribution is -2.49. The maximum Gasteiger partial charge on any atom is 0.270 e. The van der Waals surface area contributed by atoms with Crippen molar-refractivity contribution in [2.24, 2.45) is 5.73 Å². The first-order chi connectivity index (χ1) is 16.0. The Balaban J connectivity index is 2.10.